The maximum atomic E-state index is 12.4. The van der Waals surface area contributed by atoms with Gasteiger partial charge < -0.3 is 27.0 Å². The first-order valence-electron chi connectivity index (χ1n) is 14.2. The van der Waals surface area contributed by atoms with Crippen LogP contribution in [0.1, 0.15) is 73.5 Å². The molecule has 0 aliphatic heterocycles. The van der Waals surface area contributed by atoms with Crippen LogP contribution in [0.2, 0.25) is 0 Å². The van der Waals surface area contributed by atoms with E-state index in [1.54, 1.807) is 24.3 Å². The van der Waals surface area contributed by atoms with Crippen LogP contribution in [-0.2, 0) is 23.3 Å². The number of carbonyl (C=O) groups excluding carboxylic acids is 2. The third kappa shape index (κ3) is 10.8. The number of nitrogens with one attached hydrogen (secondary N) is 4. The van der Waals surface area contributed by atoms with E-state index >= 15 is 0 Å². The predicted octanol–water partition coefficient (Wildman–Crippen LogP) is 5.37. The van der Waals surface area contributed by atoms with Crippen LogP contribution >= 0.6 is 0 Å². The van der Waals surface area contributed by atoms with E-state index in [0.717, 1.165) is 51.0 Å². The molecule has 3 aromatic rings. The van der Waals surface area contributed by atoms with Crippen molar-refractivity contribution < 1.29 is 9.59 Å². The summed E-state index contributed by atoms with van der Waals surface area (Å²) in [4.78, 5) is 24.6. The zero-order chi connectivity index (χ0) is 28.8. The highest BCUT2D eigenvalue weighted by Gasteiger charge is 2.12. The van der Waals surface area contributed by atoms with E-state index in [9.17, 15) is 9.59 Å². The molecular weight excluding hydrogens is 498 g/mol. The molecule has 40 heavy (non-hydrogen) atoms. The average molecular weight is 544 g/mol. The number of benzene rings is 3. The van der Waals surface area contributed by atoms with Crippen LogP contribution in [0.4, 0.5) is 11.4 Å². The van der Waals surface area contributed by atoms with Gasteiger partial charge in [0.2, 0.25) is 5.91 Å². The summed E-state index contributed by atoms with van der Waals surface area (Å²) in [6.45, 7) is 10.8. The average Bonchev–Trinajstić information content (AvgIpc) is 2.94. The number of rotatable bonds is 15. The van der Waals surface area contributed by atoms with Gasteiger partial charge in [0.15, 0.2) is 0 Å². The van der Waals surface area contributed by atoms with Gasteiger partial charge in [-0.1, -0.05) is 69.3 Å². The Hall–Kier alpha value is -3.68. The number of unbranched alkanes of at least 4 members (excludes halogenated alkanes) is 1. The summed E-state index contributed by atoms with van der Waals surface area (Å²) in [7, 11) is 0. The lowest BCUT2D eigenvalue weighted by Gasteiger charge is -2.19. The fraction of sp³-hybridized carbons (Fsp3) is 0.394. The molecule has 0 spiro atoms. The SMILES string of the molecule is CC(C)(C)c1ccc(CNCCCCNCCCC(=O)NCc2ccc(C(=O)Nc3ccccc3N)cc2)cc1. The lowest BCUT2D eigenvalue weighted by Crippen LogP contribution is -2.25. The van der Waals surface area contributed by atoms with Gasteiger partial charge in [-0.25, -0.2) is 0 Å². The van der Waals surface area contributed by atoms with Crippen LogP contribution in [0.15, 0.2) is 72.8 Å². The zero-order valence-corrected chi connectivity index (χ0v) is 24.2. The Kier molecular flexibility index (Phi) is 12.2. The smallest absolute Gasteiger partial charge is 0.255 e. The maximum absolute atomic E-state index is 12.4. The fourth-order valence-electron chi connectivity index (χ4n) is 4.22. The standard InChI is InChI=1S/C33H45N5O2/c1-33(2,3)28-18-14-25(15-19-28)23-36-21-7-6-20-35-22-8-11-31(39)37-24-26-12-16-27(17-13-26)32(40)38-30-10-5-4-9-29(30)34/h4-5,9-10,12-19,35-36H,6-8,11,20-24,34H2,1-3H3,(H,37,39)(H,38,40). The lowest BCUT2D eigenvalue weighted by molar-refractivity contribution is -0.121. The first-order valence-corrected chi connectivity index (χ1v) is 14.2. The number of carbonyl (C=O) groups is 2. The second kappa shape index (κ2) is 15.8. The molecule has 0 aliphatic carbocycles. The van der Waals surface area contributed by atoms with E-state index in [1.807, 2.05) is 24.3 Å². The highest BCUT2D eigenvalue weighted by atomic mass is 16.2. The Balaban J connectivity index is 1.19. The third-order valence-electron chi connectivity index (χ3n) is 6.78. The van der Waals surface area contributed by atoms with Crippen LogP contribution < -0.4 is 27.0 Å². The third-order valence-corrected chi connectivity index (χ3v) is 6.78. The molecular formula is C33H45N5O2. The summed E-state index contributed by atoms with van der Waals surface area (Å²) in [6, 6.07) is 23.2. The van der Waals surface area contributed by atoms with Crippen molar-refractivity contribution in [2.24, 2.45) is 0 Å². The second-order valence-electron chi connectivity index (χ2n) is 11.2. The maximum Gasteiger partial charge on any atom is 0.255 e. The van der Waals surface area contributed by atoms with E-state index in [0.29, 0.717) is 29.9 Å². The van der Waals surface area contributed by atoms with Crippen molar-refractivity contribution in [2.45, 2.75) is 65.0 Å². The molecule has 3 aromatic carbocycles. The van der Waals surface area contributed by atoms with E-state index in [-0.39, 0.29) is 17.2 Å². The zero-order valence-electron chi connectivity index (χ0n) is 24.2. The number of para-hydroxylation sites is 2. The molecule has 0 aliphatic rings. The molecule has 6 N–H and O–H groups in total. The van der Waals surface area contributed by atoms with Gasteiger partial charge in [-0.3, -0.25) is 9.59 Å². The van der Waals surface area contributed by atoms with Crippen molar-refractivity contribution in [3.05, 3.63) is 95.1 Å². The van der Waals surface area contributed by atoms with Crippen LogP contribution in [0, 0.1) is 0 Å². The lowest BCUT2D eigenvalue weighted by atomic mass is 9.87. The quantitative estimate of drug-likeness (QED) is 0.131. The van der Waals surface area contributed by atoms with E-state index in [4.69, 9.17) is 5.73 Å². The Bertz CT molecular complexity index is 1200. The number of hydrogen-bond donors (Lipinski definition) is 5. The Morgan fingerprint density at radius 3 is 2.00 bits per heavy atom. The summed E-state index contributed by atoms with van der Waals surface area (Å²) in [5.74, 6) is -0.193. The molecule has 0 heterocycles. The molecule has 7 heteroatoms. The largest absolute Gasteiger partial charge is 0.397 e. The van der Waals surface area contributed by atoms with Crippen molar-refractivity contribution in [1.82, 2.24) is 16.0 Å². The molecule has 3 rings (SSSR count). The number of nitrogens with two attached hydrogens (primary N) is 1. The summed E-state index contributed by atoms with van der Waals surface area (Å²) in [6.07, 6.45) is 3.52. The monoisotopic (exact) mass is 543 g/mol. The summed E-state index contributed by atoms with van der Waals surface area (Å²) in [5, 5.41) is 12.7. The van der Waals surface area contributed by atoms with E-state index in [2.05, 4.69) is 66.3 Å². The van der Waals surface area contributed by atoms with Gasteiger partial charge in [0, 0.05) is 25.1 Å². The number of hydrogen-bond acceptors (Lipinski definition) is 5. The minimum absolute atomic E-state index is 0.0305. The second-order valence-corrected chi connectivity index (χ2v) is 11.2. The fourth-order valence-corrected chi connectivity index (χ4v) is 4.22. The van der Waals surface area contributed by atoms with Crippen molar-refractivity contribution in [3.63, 3.8) is 0 Å². The Morgan fingerprint density at radius 1 is 0.725 bits per heavy atom. The molecule has 0 saturated heterocycles. The molecule has 2 amide bonds. The Morgan fingerprint density at radius 2 is 1.32 bits per heavy atom. The highest BCUT2D eigenvalue weighted by Crippen LogP contribution is 2.22. The molecule has 214 valence electrons. The van der Waals surface area contributed by atoms with Crippen LogP contribution in [0.25, 0.3) is 0 Å². The number of nitrogen functional groups attached to an aromatic ring is 1. The van der Waals surface area contributed by atoms with Crippen LogP contribution in [0.3, 0.4) is 0 Å². The van der Waals surface area contributed by atoms with Gasteiger partial charge in [0.1, 0.15) is 0 Å². The first kappa shape index (κ1) is 30.9. The molecule has 0 saturated carbocycles. The van der Waals surface area contributed by atoms with Gasteiger partial charge in [-0.15, -0.1) is 0 Å². The first-order chi connectivity index (χ1) is 19.2. The van der Waals surface area contributed by atoms with Crippen molar-refractivity contribution in [3.8, 4) is 0 Å². The highest BCUT2D eigenvalue weighted by molar-refractivity contribution is 6.05. The summed E-state index contributed by atoms with van der Waals surface area (Å²) >= 11 is 0. The van der Waals surface area contributed by atoms with Gasteiger partial charge in [-0.2, -0.15) is 0 Å². The topological polar surface area (TPSA) is 108 Å². The van der Waals surface area contributed by atoms with Crippen molar-refractivity contribution in [2.75, 3.05) is 30.7 Å². The van der Waals surface area contributed by atoms with Gasteiger partial charge in [-0.05, 0) is 85.3 Å². The predicted molar refractivity (Wildman–Crippen MR) is 165 cm³/mol. The van der Waals surface area contributed by atoms with Crippen molar-refractivity contribution in [1.29, 1.82) is 0 Å². The molecule has 0 aromatic heterocycles. The van der Waals surface area contributed by atoms with Gasteiger partial charge in [0.05, 0.1) is 11.4 Å². The van der Waals surface area contributed by atoms with Gasteiger partial charge in [0.25, 0.3) is 5.91 Å². The minimum atomic E-state index is -0.223. The molecule has 0 unspecified atom stereocenters. The van der Waals surface area contributed by atoms with Crippen LogP contribution in [-0.4, -0.2) is 31.4 Å². The van der Waals surface area contributed by atoms with Gasteiger partial charge >= 0.3 is 0 Å². The number of amides is 2. The van der Waals surface area contributed by atoms with Crippen molar-refractivity contribution >= 4 is 23.2 Å². The van der Waals surface area contributed by atoms with Crippen LogP contribution in [0.5, 0.6) is 0 Å². The molecule has 0 fully saturated rings. The molecule has 0 atom stereocenters. The Labute approximate surface area is 239 Å². The molecule has 7 nitrogen and oxygen atoms in total. The molecule has 0 bridgehead atoms. The summed E-state index contributed by atoms with van der Waals surface area (Å²) < 4.78 is 0. The van der Waals surface area contributed by atoms with E-state index in [1.165, 1.54) is 11.1 Å². The minimum Gasteiger partial charge on any atom is -0.397 e. The normalized spacial score (nSPS) is 11.3. The molecule has 0 radical (unpaired) electrons. The summed E-state index contributed by atoms with van der Waals surface area (Å²) in [5.41, 5.74) is 11.3. The van der Waals surface area contributed by atoms with E-state index < -0.39 is 0 Å². The number of anilines is 2.